The summed E-state index contributed by atoms with van der Waals surface area (Å²) in [5.74, 6) is 0.926. The number of hydrogen-bond donors (Lipinski definition) is 1. The molecule has 0 spiro atoms. The van der Waals surface area contributed by atoms with Gasteiger partial charge in [0.25, 0.3) is 0 Å². The molecule has 1 N–H and O–H groups in total. The van der Waals surface area contributed by atoms with Crippen LogP contribution in [0.25, 0.3) is 0 Å². The molecule has 1 saturated carbocycles. The van der Waals surface area contributed by atoms with Crippen molar-refractivity contribution in [3.05, 3.63) is 0 Å². The molecule has 0 radical (unpaired) electrons. The predicted molar refractivity (Wildman–Crippen MR) is 77.7 cm³/mol. The van der Waals surface area contributed by atoms with Gasteiger partial charge < -0.3 is 4.90 Å². The van der Waals surface area contributed by atoms with Gasteiger partial charge in [-0.1, -0.05) is 13.8 Å². The summed E-state index contributed by atoms with van der Waals surface area (Å²) in [5.41, 5.74) is 0. The number of nitrogens with one attached hydrogen (secondary N) is 1. The molecule has 1 unspecified atom stereocenters. The summed E-state index contributed by atoms with van der Waals surface area (Å²) in [5, 5.41) is 4.20. The molecule has 2 rings (SSSR count). The molecule has 1 aliphatic heterocycles. The van der Waals surface area contributed by atoms with E-state index in [1.54, 1.807) is 0 Å². The summed E-state index contributed by atoms with van der Waals surface area (Å²) in [7, 11) is 0. The van der Waals surface area contributed by atoms with Gasteiger partial charge in [0, 0.05) is 11.3 Å². The molecule has 4 heteroatoms. The second kappa shape index (κ2) is 6.29. The van der Waals surface area contributed by atoms with E-state index in [2.05, 4.69) is 30.3 Å². The number of amides is 1. The fourth-order valence-corrected chi connectivity index (χ4v) is 3.87. The minimum atomic E-state index is 0.0725. The minimum Gasteiger partial charge on any atom is -0.326 e. The van der Waals surface area contributed by atoms with Crippen molar-refractivity contribution in [3.63, 3.8) is 0 Å². The molecule has 2 aliphatic rings. The van der Waals surface area contributed by atoms with Crippen molar-refractivity contribution in [1.82, 2.24) is 10.2 Å². The molecule has 1 amide bonds. The van der Waals surface area contributed by atoms with Crippen LogP contribution in [0, 0.1) is 5.92 Å². The van der Waals surface area contributed by atoms with Crippen molar-refractivity contribution < 1.29 is 4.79 Å². The third kappa shape index (κ3) is 3.21. The Kier molecular flexibility index (Phi) is 4.96. The third-order valence-corrected chi connectivity index (χ3v) is 5.35. The quantitative estimate of drug-likeness (QED) is 0.852. The van der Waals surface area contributed by atoms with E-state index < -0.39 is 0 Å². The molecule has 0 bridgehead atoms. The van der Waals surface area contributed by atoms with Crippen LogP contribution in [0.4, 0.5) is 0 Å². The van der Waals surface area contributed by atoms with Crippen molar-refractivity contribution in [3.8, 4) is 0 Å². The van der Waals surface area contributed by atoms with Gasteiger partial charge in [-0.25, -0.2) is 0 Å². The normalized spacial score (nSPS) is 33.4. The van der Waals surface area contributed by atoms with Crippen molar-refractivity contribution in [2.24, 2.45) is 5.92 Å². The summed E-state index contributed by atoms with van der Waals surface area (Å²) in [6.07, 6.45) is 8.08. The third-order valence-electron chi connectivity index (χ3n) is 4.21. The van der Waals surface area contributed by atoms with Gasteiger partial charge in [0.1, 0.15) is 0 Å². The lowest BCUT2D eigenvalue weighted by Gasteiger charge is -2.33. The van der Waals surface area contributed by atoms with Crippen LogP contribution in [0.1, 0.15) is 46.0 Å². The lowest BCUT2D eigenvalue weighted by Crippen LogP contribution is -2.41. The van der Waals surface area contributed by atoms with Crippen LogP contribution in [-0.4, -0.2) is 41.1 Å². The maximum Gasteiger partial charge on any atom is 0.241 e. The average Bonchev–Trinajstić information content (AvgIpc) is 2.71. The number of rotatable bonds is 4. The molecular formula is C14H26N2OS. The molecule has 104 valence electrons. The first kappa shape index (κ1) is 14.2. The SMILES string of the molecule is CSC1CCC(N2CNC(CC(C)C)C2=O)CC1. The van der Waals surface area contributed by atoms with Crippen molar-refractivity contribution in [2.75, 3.05) is 12.9 Å². The standard InChI is InChI=1S/C14H26N2OS/c1-10(2)8-13-14(17)16(9-15-13)11-4-6-12(18-3)7-5-11/h10-13,15H,4-9H2,1-3H3. The molecule has 0 aromatic heterocycles. The smallest absolute Gasteiger partial charge is 0.241 e. The molecule has 1 aliphatic carbocycles. The highest BCUT2D eigenvalue weighted by molar-refractivity contribution is 7.99. The molecule has 3 nitrogen and oxygen atoms in total. The second-order valence-electron chi connectivity index (χ2n) is 6.02. The largest absolute Gasteiger partial charge is 0.326 e. The first-order valence-electron chi connectivity index (χ1n) is 7.18. The highest BCUT2D eigenvalue weighted by atomic mass is 32.2. The highest BCUT2D eigenvalue weighted by Crippen LogP contribution is 2.30. The van der Waals surface area contributed by atoms with E-state index in [1.165, 1.54) is 25.7 Å². The van der Waals surface area contributed by atoms with Crippen LogP contribution in [0.5, 0.6) is 0 Å². The Bertz CT molecular complexity index is 288. The molecule has 1 heterocycles. The molecule has 0 aromatic rings. The molecule has 0 aromatic carbocycles. The van der Waals surface area contributed by atoms with Crippen LogP contribution >= 0.6 is 11.8 Å². The lowest BCUT2D eigenvalue weighted by molar-refractivity contribution is -0.131. The van der Waals surface area contributed by atoms with Gasteiger partial charge in [-0.3, -0.25) is 10.1 Å². The van der Waals surface area contributed by atoms with Gasteiger partial charge in [-0.05, 0) is 44.3 Å². The Morgan fingerprint density at radius 2 is 2.00 bits per heavy atom. The zero-order valence-electron chi connectivity index (χ0n) is 11.8. The minimum absolute atomic E-state index is 0.0725. The summed E-state index contributed by atoms with van der Waals surface area (Å²) in [6.45, 7) is 5.13. The monoisotopic (exact) mass is 270 g/mol. The van der Waals surface area contributed by atoms with Crippen molar-refractivity contribution in [1.29, 1.82) is 0 Å². The Labute approximate surface area is 115 Å². The number of carbonyl (C=O) groups is 1. The topological polar surface area (TPSA) is 32.3 Å². The van der Waals surface area contributed by atoms with E-state index >= 15 is 0 Å². The molecule has 1 atom stereocenters. The highest BCUT2D eigenvalue weighted by Gasteiger charge is 2.36. The summed E-state index contributed by atoms with van der Waals surface area (Å²) >= 11 is 1.98. The maximum absolute atomic E-state index is 12.3. The van der Waals surface area contributed by atoms with Crippen LogP contribution < -0.4 is 5.32 Å². The average molecular weight is 270 g/mol. The van der Waals surface area contributed by atoms with Crippen molar-refractivity contribution >= 4 is 17.7 Å². The Balaban J connectivity index is 1.86. The van der Waals surface area contributed by atoms with Crippen LogP contribution in [0.15, 0.2) is 0 Å². The fourth-order valence-electron chi connectivity index (χ4n) is 3.13. The van der Waals surface area contributed by atoms with Gasteiger partial charge in [0.05, 0.1) is 12.7 Å². The number of carbonyl (C=O) groups excluding carboxylic acids is 1. The predicted octanol–water partition coefficient (Wildman–Crippen LogP) is 2.46. The summed E-state index contributed by atoms with van der Waals surface area (Å²) in [6, 6.07) is 0.564. The van der Waals surface area contributed by atoms with Crippen molar-refractivity contribution in [2.45, 2.75) is 63.3 Å². The first-order chi connectivity index (χ1) is 8.61. The Morgan fingerprint density at radius 1 is 1.33 bits per heavy atom. The number of nitrogens with zero attached hydrogens (tertiary/aromatic N) is 1. The van der Waals surface area contributed by atoms with E-state index in [1.807, 2.05) is 11.8 Å². The van der Waals surface area contributed by atoms with E-state index in [0.29, 0.717) is 17.9 Å². The Morgan fingerprint density at radius 3 is 2.56 bits per heavy atom. The van der Waals surface area contributed by atoms with Gasteiger partial charge in [-0.2, -0.15) is 11.8 Å². The van der Waals surface area contributed by atoms with Gasteiger partial charge in [-0.15, -0.1) is 0 Å². The van der Waals surface area contributed by atoms with E-state index in [9.17, 15) is 4.79 Å². The molecule has 2 fully saturated rings. The second-order valence-corrected chi connectivity index (χ2v) is 7.16. The van der Waals surface area contributed by atoms with Gasteiger partial charge >= 0.3 is 0 Å². The molecular weight excluding hydrogens is 244 g/mol. The first-order valence-corrected chi connectivity index (χ1v) is 8.47. The van der Waals surface area contributed by atoms with E-state index in [4.69, 9.17) is 0 Å². The zero-order valence-corrected chi connectivity index (χ0v) is 12.6. The van der Waals surface area contributed by atoms with Gasteiger partial charge in [0.15, 0.2) is 0 Å². The molecule has 1 saturated heterocycles. The van der Waals surface area contributed by atoms with Crippen LogP contribution in [0.2, 0.25) is 0 Å². The summed E-state index contributed by atoms with van der Waals surface area (Å²) < 4.78 is 0. The fraction of sp³-hybridized carbons (Fsp3) is 0.929. The number of thioether (sulfide) groups is 1. The molecule has 18 heavy (non-hydrogen) atoms. The van der Waals surface area contributed by atoms with Crippen LogP contribution in [-0.2, 0) is 4.79 Å². The van der Waals surface area contributed by atoms with Crippen LogP contribution in [0.3, 0.4) is 0 Å². The van der Waals surface area contributed by atoms with E-state index in [0.717, 1.165) is 18.3 Å². The zero-order chi connectivity index (χ0) is 13.1. The van der Waals surface area contributed by atoms with Gasteiger partial charge in [0.2, 0.25) is 5.91 Å². The summed E-state index contributed by atoms with van der Waals surface area (Å²) in [4.78, 5) is 14.5. The van der Waals surface area contributed by atoms with E-state index in [-0.39, 0.29) is 6.04 Å². The Hall–Kier alpha value is -0.220. The lowest BCUT2D eigenvalue weighted by atomic mass is 9.93. The number of hydrogen-bond acceptors (Lipinski definition) is 3. The maximum atomic E-state index is 12.3.